The van der Waals surface area contributed by atoms with Crippen LogP contribution in [0.2, 0.25) is 5.02 Å². The SMILES string of the molecule is CCOC(=O)c1cnc(N2CCN(C(=O)Nc3cc(C)ccc3OC)CC2)c(Cl)c1. The summed E-state index contributed by atoms with van der Waals surface area (Å²) in [4.78, 5) is 32.6. The zero-order valence-electron chi connectivity index (χ0n) is 17.3. The Morgan fingerprint density at radius 3 is 2.57 bits per heavy atom. The molecule has 1 aliphatic rings. The zero-order valence-corrected chi connectivity index (χ0v) is 18.0. The van der Waals surface area contributed by atoms with Gasteiger partial charge in [0.15, 0.2) is 0 Å². The first-order valence-corrected chi connectivity index (χ1v) is 10.1. The molecule has 2 amide bonds. The van der Waals surface area contributed by atoms with Crippen molar-refractivity contribution in [1.82, 2.24) is 9.88 Å². The van der Waals surface area contributed by atoms with Gasteiger partial charge in [0.25, 0.3) is 0 Å². The normalized spacial score (nSPS) is 13.7. The number of nitrogens with zero attached hydrogens (tertiary/aromatic N) is 3. The molecule has 1 saturated heterocycles. The van der Waals surface area contributed by atoms with E-state index in [1.54, 1.807) is 25.0 Å². The summed E-state index contributed by atoms with van der Waals surface area (Å²) in [5.41, 5.74) is 1.99. The minimum Gasteiger partial charge on any atom is -0.495 e. The van der Waals surface area contributed by atoms with Crippen molar-refractivity contribution in [1.29, 1.82) is 0 Å². The Kier molecular flexibility index (Phi) is 6.99. The van der Waals surface area contributed by atoms with Gasteiger partial charge in [-0.15, -0.1) is 0 Å². The van der Waals surface area contributed by atoms with Gasteiger partial charge in [0.1, 0.15) is 11.6 Å². The van der Waals surface area contributed by atoms with Crippen molar-refractivity contribution >= 4 is 35.1 Å². The van der Waals surface area contributed by atoms with E-state index >= 15 is 0 Å². The molecule has 0 atom stereocenters. The molecule has 160 valence electrons. The third kappa shape index (κ3) is 4.94. The minimum atomic E-state index is -0.452. The Morgan fingerprint density at radius 1 is 1.20 bits per heavy atom. The summed E-state index contributed by atoms with van der Waals surface area (Å²) in [5, 5.41) is 3.30. The second-order valence-corrected chi connectivity index (χ2v) is 7.27. The van der Waals surface area contributed by atoms with Gasteiger partial charge in [0.05, 0.1) is 30.0 Å². The predicted molar refractivity (Wildman–Crippen MR) is 116 cm³/mol. The lowest BCUT2D eigenvalue weighted by molar-refractivity contribution is 0.0526. The van der Waals surface area contributed by atoms with Crippen LogP contribution in [-0.2, 0) is 4.74 Å². The van der Waals surface area contributed by atoms with Gasteiger partial charge in [-0.25, -0.2) is 14.6 Å². The smallest absolute Gasteiger partial charge is 0.339 e. The summed E-state index contributed by atoms with van der Waals surface area (Å²) in [7, 11) is 1.57. The lowest BCUT2D eigenvalue weighted by Crippen LogP contribution is -2.50. The highest BCUT2D eigenvalue weighted by molar-refractivity contribution is 6.33. The predicted octanol–water partition coefficient (Wildman–Crippen LogP) is 3.58. The van der Waals surface area contributed by atoms with Crippen molar-refractivity contribution in [2.45, 2.75) is 13.8 Å². The molecule has 1 fully saturated rings. The van der Waals surface area contributed by atoms with Gasteiger partial charge in [-0.1, -0.05) is 17.7 Å². The van der Waals surface area contributed by atoms with E-state index in [0.29, 0.717) is 54.0 Å². The maximum absolute atomic E-state index is 12.7. The van der Waals surface area contributed by atoms with Crippen LogP contribution in [0.4, 0.5) is 16.3 Å². The van der Waals surface area contributed by atoms with E-state index in [1.807, 2.05) is 30.0 Å². The number of anilines is 2. The number of esters is 1. The molecule has 0 saturated carbocycles. The number of aryl methyl sites for hydroxylation is 1. The van der Waals surface area contributed by atoms with Gasteiger partial charge in [-0.2, -0.15) is 0 Å². The second kappa shape index (κ2) is 9.67. The van der Waals surface area contributed by atoms with Gasteiger partial charge in [-0.05, 0) is 37.6 Å². The molecule has 0 spiro atoms. The molecular formula is C21H25ClN4O4. The van der Waals surface area contributed by atoms with Crippen LogP contribution in [0.15, 0.2) is 30.5 Å². The first-order valence-electron chi connectivity index (χ1n) is 9.71. The van der Waals surface area contributed by atoms with Crippen LogP contribution in [0, 0.1) is 6.92 Å². The largest absolute Gasteiger partial charge is 0.495 e. The van der Waals surface area contributed by atoms with E-state index in [4.69, 9.17) is 21.1 Å². The van der Waals surface area contributed by atoms with E-state index < -0.39 is 5.97 Å². The molecule has 0 bridgehead atoms. The molecule has 1 aromatic carbocycles. The van der Waals surface area contributed by atoms with E-state index in [2.05, 4.69) is 10.3 Å². The number of hydrogen-bond acceptors (Lipinski definition) is 6. The molecule has 9 heteroatoms. The maximum atomic E-state index is 12.7. The van der Waals surface area contributed by atoms with E-state index in [9.17, 15) is 9.59 Å². The van der Waals surface area contributed by atoms with Gasteiger partial charge in [0, 0.05) is 32.4 Å². The quantitative estimate of drug-likeness (QED) is 0.727. The summed E-state index contributed by atoms with van der Waals surface area (Å²) < 4.78 is 10.3. The third-order valence-electron chi connectivity index (χ3n) is 4.80. The fraction of sp³-hybridized carbons (Fsp3) is 0.381. The van der Waals surface area contributed by atoms with Crippen LogP contribution in [-0.4, -0.2) is 61.8 Å². The Bertz CT molecular complexity index is 929. The number of hydrogen-bond donors (Lipinski definition) is 1. The molecule has 1 aromatic heterocycles. The van der Waals surface area contributed by atoms with Crippen molar-refractivity contribution in [3.63, 3.8) is 0 Å². The van der Waals surface area contributed by atoms with Crippen LogP contribution < -0.4 is 15.0 Å². The number of urea groups is 1. The first kappa shape index (κ1) is 21.7. The van der Waals surface area contributed by atoms with Crippen molar-refractivity contribution < 1.29 is 19.1 Å². The molecule has 2 heterocycles. The monoisotopic (exact) mass is 432 g/mol. The third-order valence-corrected chi connectivity index (χ3v) is 5.07. The molecule has 2 aromatic rings. The standard InChI is InChI=1S/C21H25ClN4O4/c1-4-30-20(27)15-12-16(22)19(23-13-15)25-7-9-26(10-8-25)21(28)24-17-11-14(2)5-6-18(17)29-3/h5-6,11-13H,4,7-10H2,1-3H3,(H,24,28). The van der Waals surface area contributed by atoms with E-state index in [1.165, 1.54) is 6.20 Å². The molecule has 1 aliphatic heterocycles. The lowest BCUT2D eigenvalue weighted by atomic mass is 10.2. The number of piperazine rings is 1. The number of aromatic nitrogens is 1. The van der Waals surface area contributed by atoms with Crippen LogP contribution in [0.3, 0.4) is 0 Å². The molecule has 0 radical (unpaired) electrons. The lowest BCUT2D eigenvalue weighted by Gasteiger charge is -2.35. The molecule has 0 aliphatic carbocycles. The molecule has 3 rings (SSSR count). The number of rotatable bonds is 5. The van der Waals surface area contributed by atoms with Crippen LogP contribution in [0.25, 0.3) is 0 Å². The fourth-order valence-electron chi connectivity index (χ4n) is 3.22. The Hall–Kier alpha value is -3.00. The number of carbonyl (C=O) groups excluding carboxylic acids is 2. The highest BCUT2D eigenvalue weighted by Gasteiger charge is 2.24. The van der Waals surface area contributed by atoms with Crippen molar-refractivity contribution in [3.8, 4) is 5.75 Å². The minimum absolute atomic E-state index is 0.185. The van der Waals surface area contributed by atoms with Crippen LogP contribution in [0.1, 0.15) is 22.8 Å². The molecule has 8 nitrogen and oxygen atoms in total. The van der Waals surface area contributed by atoms with E-state index in [0.717, 1.165) is 5.56 Å². The summed E-state index contributed by atoms with van der Waals surface area (Å²) in [6.07, 6.45) is 1.46. The first-order chi connectivity index (χ1) is 14.4. The Balaban J connectivity index is 1.61. The number of methoxy groups -OCH3 is 1. The topological polar surface area (TPSA) is 84.0 Å². The second-order valence-electron chi connectivity index (χ2n) is 6.86. The zero-order chi connectivity index (χ0) is 21.7. The molecular weight excluding hydrogens is 408 g/mol. The number of nitrogens with one attached hydrogen (secondary N) is 1. The highest BCUT2D eigenvalue weighted by atomic mass is 35.5. The average Bonchev–Trinajstić information content (AvgIpc) is 2.74. The van der Waals surface area contributed by atoms with Crippen molar-refractivity contribution in [3.05, 3.63) is 46.6 Å². The maximum Gasteiger partial charge on any atom is 0.339 e. The van der Waals surface area contributed by atoms with Crippen molar-refractivity contribution in [2.75, 3.05) is 50.1 Å². The molecule has 30 heavy (non-hydrogen) atoms. The van der Waals surface area contributed by atoms with Gasteiger partial charge < -0.3 is 24.6 Å². The van der Waals surface area contributed by atoms with Gasteiger partial charge >= 0.3 is 12.0 Å². The number of benzene rings is 1. The number of amides is 2. The number of pyridine rings is 1. The summed E-state index contributed by atoms with van der Waals surface area (Å²) in [5.74, 6) is 0.752. The summed E-state index contributed by atoms with van der Waals surface area (Å²) >= 11 is 6.34. The molecule has 0 unspecified atom stereocenters. The van der Waals surface area contributed by atoms with E-state index in [-0.39, 0.29) is 12.6 Å². The Labute approximate surface area is 180 Å². The fourth-order valence-corrected chi connectivity index (χ4v) is 3.51. The summed E-state index contributed by atoms with van der Waals surface area (Å²) in [6, 6.07) is 7.01. The number of halogens is 1. The van der Waals surface area contributed by atoms with Crippen LogP contribution >= 0.6 is 11.6 Å². The van der Waals surface area contributed by atoms with Gasteiger partial charge in [-0.3, -0.25) is 0 Å². The summed E-state index contributed by atoms with van der Waals surface area (Å²) in [6.45, 7) is 6.16. The van der Waals surface area contributed by atoms with Gasteiger partial charge in [0.2, 0.25) is 0 Å². The number of carbonyl (C=O) groups is 2. The highest BCUT2D eigenvalue weighted by Crippen LogP contribution is 2.27. The number of ether oxygens (including phenoxy) is 2. The molecule has 1 N–H and O–H groups in total. The van der Waals surface area contributed by atoms with Crippen molar-refractivity contribution in [2.24, 2.45) is 0 Å². The van der Waals surface area contributed by atoms with Crippen LogP contribution in [0.5, 0.6) is 5.75 Å². The Morgan fingerprint density at radius 2 is 1.93 bits per heavy atom. The average molecular weight is 433 g/mol.